The van der Waals surface area contributed by atoms with E-state index >= 15 is 0 Å². The summed E-state index contributed by atoms with van der Waals surface area (Å²) in [4.78, 5) is 21.7. The van der Waals surface area contributed by atoms with E-state index in [1.165, 1.54) is 24.8 Å². The van der Waals surface area contributed by atoms with Gasteiger partial charge in [-0.2, -0.15) is 0 Å². The fourth-order valence-electron chi connectivity index (χ4n) is 3.79. The van der Waals surface area contributed by atoms with Crippen molar-refractivity contribution in [3.8, 4) is 0 Å². The Morgan fingerprint density at radius 3 is 2.54 bits per heavy atom. The van der Waals surface area contributed by atoms with Crippen LogP contribution in [0.25, 0.3) is 0 Å². The molecule has 1 aliphatic heterocycles. The van der Waals surface area contributed by atoms with Gasteiger partial charge in [0, 0.05) is 24.8 Å². The Morgan fingerprint density at radius 2 is 2.00 bits per heavy atom. The molecule has 0 radical (unpaired) electrons. The Morgan fingerprint density at radius 1 is 1.29 bits per heavy atom. The molecule has 0 aromatic carbocycles. The molecule has 1 amide bonds. The SMILES string of the molecule is CC[C@@H](C)N(C(=O)OC(C)(C)C)c1ccc([C@@H]2CCCCN2CC(C)C)cn1. The molecule has 0 N–H and O–H groups in total. The van der Waals surface area contributed by atoms with Crippen LogP contribution in [0.1, 0.15) is 85.8 Å². The Bertz CT molecular complexity index is 622. The molecule has 1 fully saturated rings. The number of pyridine rings is 1. The molecule has 1 saturated heterocycles. The zero-order valence-electron chi connectivity index (χ0n) is 18.9. The van der Waals surface area contributed by atoms with Gasteiger partial charge in [-0.15, -0.1) is 0 Å². The van der Waals surface area contributed by atoms with E-state index in [1.807, 2.05) is 40.0 Å². The second-order valence-corrected chi connectivity index (χ2v) is 9.46. The van der Waals surface area contributed by atoms with E-state index in [0.717, 1.165) is 19.5 Å². The van der Waals surface area contributed by atoms with Crippen LogP contribution in [0.4, 0.5) is 10.6 Å². The molecule has 0 saturated carbocycles. The fraction of sp³-hybridized carbons (Fsp3) is 0.739. The van der Waals surface area contributed by atoms with Crippen molar-refractivity contribution < 1.29 is 9.53 Å². The molecular weight excluding hydrogens is 350 g/mol. The predicted octanol–water partition coefficient (Wildman–Crippen LogP) is 5.80. The van der Waals surface area contributed by atoms with Crippen molar-refractivity contribution in [2.45, 2.75) is 91.8 Å². The number of aromatic nitrogens is 1. The highest BCUT2D eigenvalue weighted by molar-refractivity contribution is 5.87. The van der Waals surface area contributed by atoms with Gasteiger partial charge in [0.2, 0.25) is 0 Å². The largest absolute Gasteiger partial charge is 0.443 e. The highest BCUT2D eigenvalue weighted by Gasteiger charge is 2.29. The van der Waals surface area contributed by atoms with Crippen LogP contribution in [0.2, 0.25) is 0 Å². The summed E-state index contributed by atoms with van der Waals surface area (Å²) in [5.74, 6) is 1.32. The van der Waals surface area contributed by atoms with Crippen LogP contribution in [0, 0.1) is 5.92 Å². The van der Waals surface area contributed by atoms with Crippen LogP contribution in [0.3, 0.4) is 0 Å². The van der Waals surface area contributed by atoms with Crippen LogP contribution in [0.15, 0.2) is 18.3 Å². The molecular formula is C23H39N3O2. The molecule has 158 valence electrons. The molecule has 1 aromatic rings. The summed E-state index contributed by atoms with van der Waals surface area (Å²) in [6.45, 7) is 16.6. The number of hydrogen-bond donors (Lipinski definition) is 0. The molecule has 5 heteroatoms. The Labute approximate surface area is 171 Å². The number of rotatable bonds is 6. The predicted molar refractivity (Wildman–Crippen MR) is 116 cm³/mol. The summed E-state index contributed by atoms with van der Waals surface area (Å²) in [7, 11) is 0. The first-order chi connectivity index (χ1) is 13.1. The second kappa shape index (κ2) is 9.73. The Balaban J connectivity index is 2.22. The molecule has 2 heterocycles. The molecule has 28 heavy (non-hydrogen) atoms. The number of piperidine rings is 1. The first-order valence-corrected chi connectivity index (χ1v) is 10.8. The van der Waals surface area contributed by atoms with Crippen LogP contribution in [-0.4, -0.2) is 40.7 Å². The normalized spacial score (nSPS) is 19.5. The number of amides is 1. The van der Waals surface area contributed by atoms with Crippen molar-refractivity contribution in [1.29, 1.82) is 0 Å². The highest BCUT2D eigenvalue weighted by atomic mass is 16.6. The van der Waals surface area contributed by atoms with Crippen molar-refractivity contribution >= 4 is 11.9 Å². The van der Waals surface area contributed by atoms with Crippen LogP contribution < -0.4 is 4.90 Å². The maximum Gasteiger partial charge on any atom is 0.416 e. The molecule has 1 aromatic heterocycles. The first-order valence-electron chi connectivity index (χ1n) is 10.8. The number of anilines is 1. The zero-order valence-corrected chi connectivity index (χ0v) is 18.9. The molecule has 0 aliphatic carbocycles. The number of carbonyl (C=O) groups is 1. The van der Waals surface area contributed by atoms with Crippen LogP contribution >= 0.6 is 0 Å². The van der Waals surface area contributed by atoms with Crippen LogP contribution in [-0.2, 0) is 4.74 Å². The highest BCUT2D eigenvalue weighted by Crippen LogP contribution is 2.32. The lowest BCUT2D eigenvalue weighted by atomic mass is 9.95. The van der Waals surface area contributed by atoms with Crippen molar-refractivity contribution in [3.05, 3.63) is 23.9 Å². The lowest BCUT2D eigenvalue weighted by molar-refractivity contribution is 0.0566. The maximum atomic E-state index is 12.8. The summed E-state index contributed by atoms with van der Waals surface area (Å²) < 4.78 is 5.62. The van der Waals surface area contributed by atoms with E-state index in [0.29, 0.717) is 17.8 Å². The third kappa shape index (κ3) is 6.20. The molecule has 0 unspecified atom stereocenters. The lowest BCUT2D eigenvalue weighted by Gasteiger charge is -2.37. The second-order valence-electron chi connectivity index (χ2n) is 9.46. The molecule has 0 bridgehead atoms. The quantitative estimate of drug-likeness (QED) is 0.616. The van der Waals surface area contributed by atoms with Crippen molar-refractivity contribution in [2.75, 3.05) is 18.0 Å². The van der Waals surface area contributed by atoms with Gasteiger partial charge in [-0.05, 0) is 71.0 Å². The number of likely N-dealkylation sites (tertiary alicyclic amines) is 1. The van der Waals surface area contributed by atoms with Gasteiger partial charge in [-0.1, -0.05) is 33.3 Å². The van der Waals surface area contributed by atoms with E-state index < -0.39 is 5.60 Å². The Hall–Kier alpha value is -1.62. The minimum atomic E-state index is -0.526. The van der Waals surface area contributed by atoms with Gasteiger partial charge in [0.25, 0.3) is 0 Å². The van der Waals surface area contributed by atoms with E-state index in [2.05, 4.69) is 36.7 Å². The van der Waals surface area contributed by atoms with Crippen molar-refractivity contribution in [1.82, 2.24) is 9.88 Å². The first kappa shape index (κ1) is 22.7. The molecule has 2 atom stereocenters. The molecule has 2 rings (SSSR count). The van der Waals surface area contributed by atoms with Gasteiger partial charge < -0.3 is 4.74 Å². The van der Waals surface area contributed by atoms with Gasteiger partial charge in [0.1, 0.15) is 11.4 Å². The number of ether oxygens (including phenoxy) is 1. The summed E-state index contributed by atoms with van der Waals surface area (Å²) in [5, 5.41) is 0. The molecule has 0 spiro atoms. The number of hydrogen-bond acceptors (Lipinski definition) is 4. The number of carbonyl (C=O) groups excluding carboxylic acids is 1. The van der Waals surface area contributed by atoms with Gasteiger partial charge in [-0.25, -0.2) is 9.78 Å². The smallest absolute Gasteiger partial charge is 0.416 e. The minimum absolute atomic E-state index is 0.0281. The van der Waals surface area contributed by atoms with Gasteiger partial charge in [-0.3, -0.25) is 9.80 Å². The van der Waals surface area contributed by atoms with E-state index in [-0.39, 0.29) is 12.1 Å². The van der Waals surface area contributed by atoms with Gasteiger partial charge >= 0.3 is 6.09 Å². The summed E-state index contributed by atoms with van der Waals surface area (Å²) in [5.41, 5.74) is 0.722. The Kier molecular flexibility index (Phi) is 7.87. The average molecular weight is 390 g/mol. The zero-order chi connectivity index (χ0) is 20.9. The van der Waals surface area contributed by atoms with Crippen LogP contribution in [0.5, 0.6) is 0 Å². The molecule has 1 aliphatic rings. The topological polar surface area (TPSA) is 45.7 Å². The van der Waals surface area contributed by atoms with Crippen molar-refractivity contribution in [2.24, 2.45) is 5.92 Å². The van der Waals surface area contributed by atoms with E-state index in [4.69, 9.17) is 4.74 Å². The maximum absolute atomic E-state index is 12.8. The summed E-state index contributed by atoms with van der Waals surface area (Å²) in [6.07, 6.45) is 6.18. The summed E-state index contributed by atoms with van der Waals surface area (Å²) >= 11 is 0. The minimum Gasteiger partial charge on any atom is -0.443 e. The monoisotopic (exact) mass is 389 g/mol. The van der Waals surface area contributed by atoms with E-state index in [9.17, 15) is 4.79 Å². The summed E-state index contributed by atoms with van der Waals surface area (Å²) in [6, 6.07) is 4.58. The van der Waals surface area contributed by atoms with E-state index in [1.54, 1.807) is 4.90 Å². The van der Waals surface area contributed by atoms with Gasteiger partial charge in [0.15, 0.2) is 0 Å². The lowest BCUT2D eigenvalue weighted by Crippen LogP contribution is -2.42. The average Bonchev–Trinajstić information content (AvgIpc) is 2.61. The molecule has 5 nitrogen and oxygen atoms in total. The standard InChI is InChI=1S/C23H39N3O2/c1-8-18(4)26(22(27)28-23(5,6)7)21-13-12-19(15-24-21)20-11-9-10-14-25(20)16-17(2)3/h12-13,15,17-18,20H,8-11,14,16H2,1-7H3/t18-,20+/m1/s1. The van der Waals surface area contributed by atoms with Gasteiger partial charge in [0.05, 0.1) is 0 Å². The fourth-order valence-corrected chi connectivity index (χ4v) is 3.79. The third-order valence-corrected chi connectivity index (χ3v) is 5.24. The van der Waals surface area contributed by atoms with Crippen molar-refractivity contribution in [3.63, 3.8) is 0 Å². The number of nitrogens with zero attached hydrogens (tertiary/aromatic N) is 3. The third-order valence-electron chi connectivity index (χ3n) is 5.24.